The summed E-state index contributed by atoms with van der Waals surface area (Å²) in [4.78, 5) is 10.1. The van der Waals surface area contributed by atoms with Crippen LogP contribution in [0.15, 0.2) is 0 Å². The molecule has 0 aromatic heterocycles. The molecule has 3 heteroatoms. The second kappa shape index (κ2) is 3.43. The predicted octanol–water partition coefficient (Wildman–Crippen LogP) is -0.335. The number of hydrogen-bond donors (Lipinski definition) is 2. The second-order valence-electron chi connectivity index (χ2n) is 1.61. The molecule has 2 N–H and O–H groups in total. The van der Waals surface area contributed by atoms with Gasteiger partial charge in [0.05, 0.1) is 12.6 Å². The van der Waals surface area contributed by atoms with Crippen molar-refractivity contribution < 1.29 is 9.90 Å². The summed E-state index contributed by atoms with van der Waals surface area (Å²) in [5.41, 5.74) is 0. The quantitative estimate of drug-likeness (QED) is 0.518. The predicted molar refractivity (Wildman–Crippen MR) is 29.8 cm³/mol. The van der Waals surface area contributed by atoms with Crippen LogP contribution >= 0.6 is 0 Å². The molecular formula is C5H10NO2. The van der Waals surface area contributed by atoms with Crippen LogP contribution in [0.2, 0.25) is 0 Å². The number of nitrogens with one attached hydrogen (secondary N) is 1. The van der Waals surface area contributed by atoms with Gasteiger partial charge in [0.1, 0.15) is 0 Å². The summed E-state index contributed by atoms with van der Waals surface area (Å²) in [5.74, 6) is -0.161. The molecule has 0 rings (SSSR count). The zero-order chi connectivity index (χ0) is 6.57. The molecule has 0 saturated carbocycles. The van der Waals surface area contributed by atoms with Crippen molar-refractivity contribution in [3.63, 3.8) is 0 Å². The SMILES string of the molecule is CC(=O)N[CH]C(C)O. The maximum atomic E-state index is 10.1. The lowest BCUT2D eigenvalue weighted by Gasteiger charge is -2.01. The van der Waals surface area contributed by atoms with Crippen LogP contribution in [0.25, 0.3) is 0 Å². The van der Waals surface area contributed by atoms with Gasteiger partial charge < -0.3 is 10.4 Å². The Hall–Kier alpha value is -0.570. The van der Waals surface area contributed by atoms with Crippen molar-refractivity contribution >= 4 is 5.91 Å². The van der Waals surface area contributed by atoms with Crippen LogP contribution in [0.1, 0.15) is 13.8 Å². The summed E-state index contributed by atoms with van der Waals surface area (Å²) in [6.07, 6.45) is -0.570. The van der Waals surface area contributed by atoms with Crippen LogP contribution in [0.4, 0.5) is 0 Å². The molecule has 0 aromatic carbocycles. The summed E-state index contributed by atoms with van der Waals surface area (Å²) in [7, 11) is 0. The number of hydrogen-bond acceptors (Lipinski definition) is 2. The van der Waals surface area contributed by atoms with Crippen LogP contribution in [0.5, 0.6) is 0 Å². The Morgan fingerprint density at radius 1 is 1.88 bits per heavy atom. The minimum absolute atomic E-state index is 0.161. The Balaban J connectivity index is 3.05. The first-order valence-corrected chi connectivity index (χ1v) is 2.41. The third-order valence-electron chi connectivity index (χ3n) is 0.528. The molecule has 1 amide bonds. The number of amides is 1. The summed E-state index contributed by atoms with van der Waals surface area (Å²) >= 11 is 0. The van der Waals surface area contributed by atoms with Gasteiger partial charge in [0.25, 0.3) is 0 Å². The summed E-state index contributed by atoms with van der Waals surface area (Å²) in [5, 5.41) is 10.9. The van der Waals surface area contributed by atoms with E-state index in [1.54, 1.807) is 6.92 Å². The molecule has 0 aliphatic heterocycles. The highest BCUT2D eigenvalue weighted by Gasteiger charge is 1.94. The number of rotatable bonds is 2. The maximum absolute atomic E-state index is 10.1. The van der Waals surface area contributed by atoms with Crippen molar-refractivity contribution in [2.45, 2.75) is 20.0 Å². The minimum atomic E-state index is -0.570. The number of aliphatic hydroxyl groups excluding tert-OH is 1. The molecule has 47 valence electrons. The van der Waals surface area contributed by atoms with Gasteiger partial charge in [-0.05, 0) is 6.92 Å². The second-order valence-corrected chi connectivity index (χ2v) is 1.61. The first-order valence-electron chi connectivity index (χ1n) is 2.41. The van der Waals surface area contributed by atoms with Crippen LogP contribution in [0, 0.1) is 6.54 Å². The van der Waals surface area contributed by atoms with Gasteiger partial charge in [0.15, 0.2) is 0 Å². The topological polar surface area (TPSA) is 49.3 Å². The van der Waals surface area contributed by atoms with Crippen LogP contribution in [-0.4, -0.2) is 17.1 Å². The van der Waals surface area contributed by atoms with Crippen LogP contribution in [0.3, 0.4) is 0 Å². The highest BCUT2D eigenvalue weighted by atomic mass is 16.3. The van der Waals surface area contributed by atoms with Gasteiger partial charge in [-0.25, -0.2) is 0 Å². The van der Waals surface area contributed by atoms with Gasteiger partial charge in [-0.2, -0.15) is 0 Å². The highest BCUT2D eigenvalue weighted by Crippen LogP contribution is 1.79. The Bertz CT molecular complexity index is 80.5. The molecule has 0 bridgehead atoms. The fourth-order valence-electron chi connectivity index (χ4n) is 0.238. The molecule has 0 spiro atoms. The standard InChI is InChI=1S/C5H10NO2/c1-4(7)3-6-5(2)8/h3-4,7H,1-2H3,(H,6,8). The van der Waals surface area contributed by atoms with Gasteiger partial charge in [-0.1, -0.05) is 0 Å². The highest BCUT2D eigenvalue weighted by molar-refractivity contribution is 5.73. The van der Waals surface area contributed by atoms with E-state index in [2.05, 4.69) is 5.32 Å². The number of carbonyl (C=O) groups is 1. The third-order valence-corrected chi connectivity index (χ3v) is 0.528. The molecule has 8 heavy (non-hydrogen) atoms. The molecule has 1 atom stereocenters. The van der Waals surface area contributed by atoms with Crippen molar-refractivity contribution in [1.29, 1.82) is 0 Å². The minimum Gasteiger partial charge on any atom is -0.391 e. The molecule has 0 saturated heterocycles. The number of carbonyl (C=O) groups excluding carboxylic acids is 1. The average molecular weight is 116 g/mol. The summed E-state index contributed by atoms with van der Waals surface area (Å²) in [6.45, 7) is 4.27. The van der Waals surface area contributed by atoms with Crippen molar-refractivity contribution in [2.24, 2.45) is 0 Å². The van der Waals surface area contributed by atoms with E-state index in [0.717, 1.165) is 0 Å². The lowest BCUT2D eigenvalue weighted by Crippen LogP contribution is -2.22. The average Bonchev–Trinajstić information content (AvgIpc) is 1.61. The molecular weight excluding hydrogens is 106 g/mol. The van der Waals surface area contributed by atoms with Crippen molar-refractivity contribution in [1.82, 2.24) is 5.32 Å². The van der Waals surface area contributed by atoms with Crippen LogP contribution < -0.4 is 5.32 Å². The largest absolute Gasteiger partial charge is 0.391 e. The van der Waals surface area contributed by atoms with Gasteiger partial charge >= 0.3 is 0 Å². The molecule has 3 nitrogen and oxygen atoms in total. The summed E-state index contributed by atoms with van der Waals surface area (Å²) < 4.78 is 0. The lowest BCUT2D eigenvalue weighted by atomic mass is 10.4. The van der Waals surface area contributed by atoms with Gasteiger partial charge in [0, 0.05) is 6.92 Å². The molecule has 0 aliphatic carbocycles. The fourth-order valence-corrected chi connectivity index (χ4v) is 0.238. The van der Waals surface area contributed by atoms with E-state index < -0.39 is 6.10 Å². The van der Waals surface area contributed by atoms with E-state index in [-0.39, 0.29) is 5.91 Å². The zero-order valence-electron chi connectivity index (χ0n) is 5.01. The first-order chi connectivity index (χ1) is 3.63. The van der Waals surface area contributed by atoms with E-state index in [1.807, 2.05) is 0 Å². The van der Waals surface area contributed by atoms with E-state index in [1.165, 1.54) is 13.5 Å². The third kappa shape index (κ3) is 5.43. The Labute approximate surface area is 48.7 Å². The molecule has 0 aliphatic rings. The smallest absolute Gasteiger partial charge is 0.217 e. The summed E-state index contributed by atoms with van der Waals surface area (Å²) in [6, 6.07) is 0. The van der Waals surface area contributed by atoms with Crippen molar-refractivity contribution in [3.8, 4) is 0 Å². The van der Waals surface area contributed by atoms with Crippen molar-refractivity contribution in [3.05, 3.63) is 6.54 Å². The Morgan fingerprint density at radius 3 is 2.50 bits per heavy atom. The lowest BCUT2D eigenvalue weighted by molar-refractivity contribution is -0.118. The zero-order valence-corrected chi connectivity index (χ0v) is 5.01. The normalized spacial score (nSPS) is 12.9. The maximum Gasteiger partial charge on any atom is 0.217 e. The molecule has 1 unspecified atom stereocenters. The molecule has 0 fully saturated rings. The van der Waals surface area contributed by atoms with E-state index in [0.29, 0.717) is 0 Å². The van der Waals surface area contributed by atoms with Gasteiger partial charge in [0.2, 0.25) is 5.91 Å². The van der Waals surface area contributed by atoms with Gasteiger partial charge in [-0.15, -0.1) is 0 Å². The monoisotopic (exact) mass is 116 g/mol. The molecule has 0 heterocycles. The first kappa shape index (κ1) is 7.43. The van der Waals surface area contributed by atoms with E-state index in [9.17, 15) is 4.79 Å². The van der Waals surface area contributed by atoms with Gasteiger partial charge in [-0.3, -0.25) is 4.79 Å². The Kier molecular flexibility index (Phi) is 3.19. The van der Waals surface area contributed by atoms with E-state index in [4.69, 9.17) is 5.11 Å². The van der Waals surface area contributed by atoms with Crippen LogP contribution in [-0.2, 0) is 4.79 Å². The number of aliphatic hydroxyl groups is 1. The van der Waals surface area contributed by atoms with E-state index >= 15 is 0 Å². The molecule has 1 radical (unpaired) electrons. The molecule has 0 aromatic rings. The fraction of sp³-hybridized carbons (Fsp3) is 0.600. The Morgan fingerprint density at radius 2 is 2.38 bits per heavy atom. The van der Waals surface area contributed by atoms with Crippen molar-refractivity contribution in [2.75, 3.05) is 0 Å².